The molecule has 134 valence electrons. The minimum absolute atomic E-state index is 0.0310. The lowest BCUT2D eigenvalue weighted by Gasteiger charge is -2.25. The topological polar surface area (TPSA) is 80.5 Å². The SMILES string of the molecule is CC(c1ccc(S(N)(=O)=O)cc1)N(C)C(=O)CCc1cccc(F)c1. The summed E-state index contributed by atoms with van der Waals surface area (Å²) in [5, 5.41) is 5.08. The van der Waals surface area contributed by atoms with Crippen LogP contribution in [-0.4, -0.2) is 26.3 Å². The summed E-state index contributed by atoms with van der Waals surface area (Å²) in [4.78, 5) is 14.0. The molecule has 0 aliphatic carbocycles. The number of benzene rings is 2. The molecule has 25 heavy (non-hydrogen) atoms. The predicted molar refractivity (Wildman–Crippen MR) is 93.7 cm³/mol. The second-order valence-corrected chi connectivity index (χ2v) is 7.49. The smallest absolute Gasteiger partial charge is 0.238 e. The fourth-order valence-electron chi connectivity index (χ4n) is 2.50. The first-order valence-corrected chi connectivity index (χ1v) is 9.36. The van der Waals surface area contributed by atoms with Crippen molar-refractivity contribution in [3.05, 3.63) is 65.5 Å². The van der Waals surface area contributed by atoms with Gasteiger partial charge in [-0.1, -0.05) is 24.3 Å². The molecular weight excluding hydrogens is 343 g/mol. The number of carbonyl (C=O) groups excluding carboxylic acids is 1. The largest absolute Gasteiger partial charge is 0.339 e. The maximum atomic E-state index is 13.2. The van der Waals surface area contributed by atoms with Gasteiger partial charge >= 0.3 is 0 Å². The number of amides is 1. The van der Waals surface area contributed by atoms with E-state index in [0.717, 1.165) is 11.1 Å². The van der Waals surface area contributed by atoms with Gasteiger partial charge in [-0.3, -0.25) is 4.79 Å². The van der Waals surface area contributed by atoms with Crippen LogP contribution in [0.15, 0.2) is 53.4 Å². The Morgan fingerprint density at radius 3 is 2.40 bits per heavy atom. The molecule has 1 atom stereocenters. The highest BCUT2D eigenvalue weighted by molar-refractivity contribution is 7.89. The molecule has 0 saturated heterocycles. The summed E-state index contributed by atoms with van der Waals surface area (Å²) in [6, 6.07) is 12.1. The number of primary sulfonamides is 1. The molecular formula is C18H21FN2O3S. The number of hydrogen-bond donors (Lipinski definition) is 1. The van der Waals surface area contributed by atoms with Gasteiger partial charge in [0.1, 0.15) is 5.82 Å². The summed E-state index contributed by atoms with van der Waals surface area (Å²) >= 11 is 0. The molecule has 0 aliphatic heterocycles. The third kappa shape index (κ3) is 5.11. The molecule has 0 radical (unpaired) electrons. The van der Waals surface area contributed by atoms with E-state index in [1.165, 1.54) is 24.3 Å². The van der Waals surface area contributed by atoms with E-state index >= 15 is 0 Å². The first-order chi connectivity index (χ1) is 11.7. The zero-order valence-corrected chi connectivity index (χ0v) is 15.0. The first-order valence-electron chi connectivity index (χ1n) is 7.81. The van der Waals surface area contributed by atoms with E-state index in [4.69, 9.17) is 5.14 Å². The molecule has 0 bridgehead atoms. The third-order valence-electron chi connectivity index (χ3n) is 4.18. The second kappa shape index (κ2) is 7.76. The molecule has 0 fully saturated rings. The Bertz CT molecular complexity index is 851. The Hall–Kier alpha value is -2.25. The van der Waals surface area contributed by atoms with E-state index < -0.39 is 10.0 Å². The number of nitrogens with two attached hydrogens (primary N) is 1. The number of halogens is 1. The van der Waals surface area contributed by atoms with Crippen molar-refractivity contribution in [2.75, 3.05) is 7.05 Å². The second-order valence-electron chi connectivity index (χ2n) is 5.92. The summed E-state index contributed by atoms with van der Waals surface area (Å²) in [5.41, 5.74) is 1.57. The van der Waals surface area contributed by atoms with E-state index in [-0.39, 0.29) is 29.1 Å². The summed E-state index contributed by atoms with van der Waals surface area (Å²) in [6.45, 7) is 1.85. The molecule has 2 N–H and O–H groups in total. The minimum Gasteiger partial charge on any atom is -0.339 e. The van der Waals surface area contributed by atoms with Crippen molar-refractivity contribution in [3.8, 4) is 0 Å². The van der Waals surface area contributed by atoms with Crippen molar-refractivity contribution < 1.29 is 17.6 Å². The molecule has 1 unspecified atom stereocenters. The van der Waals surface area contributed by atoms with E-state index in [1.807, 2.05) is 6.92 Å². The summed E-state index contributed by atoms with van der Waals surface area (Å²) in [6.07, 6.45) is 0.720. The van der Waals surface area contributed by atoms with Gasteiger partial charge in [0.15, 0.2) is 0 Å². The Balaban J connectivity index is 2.01. The molecule has 0 heterocycles. The van der Waals surface area contributed by atoms with Crippen molar-refractivity contribution >= 4 is 15.9 Å². The molecule has 0 saturated carbocycles. The first kappa shape index (κ1) is 19.1. The molecule has 7 heteroatoms. The van der Waals surface area contributed by atoms with Crippen LogP contribution in [0.3, 0.4) is 0 Å². The van der Waals surface area contributed by atoms with E-state index in [9.17, 15) is 17.6 Å². The molecule has 0 spiro atoms. The van der Waals surface area contributed by atoms with Crippen LogP contribution < -0.4 is 5.14 Å². The van der Waals surface area contributed by atoms with Crippen molar-refractivity contribution in [1.29, 1.82) is 0 Å². The molecule has 2 aromatic rings. The van der Waals surface area contributed by atoms with Gasteiger partial charge in [0.2, 0.25) is 15.9 Å². The Labute approximate surface area is 147 Å². The maximum Gasteiger partial charge on any atom is 0.238 e. The quantitative estimate of drug-likeness (QED) is 0.856. The Morgan fingerprint density at radius 2 is 1.84 bits per heavy atom. The zero-order chi connectivity index (χ0) is 18.6. The van der Waals surface area contributed by atoms with Crippen LogP contribution in [0.5, 0.6) is 0 Å². The van der Waals surface area contributed by atoms with E-state index in [0.29, 0.717) is 6.42 Å². The minimum atomic E-state index is -3.74. The fraction of sp³-hybridized carbons (Fsp3) is 0.278. The number of hydrogen-bond acceptors (Lipinski definition) is 3. The maximum absolute atomic E-state index is 13.2. The van der Waals surface area contributed by atoms with Crippen LogP contribution in [0.1, 0.15) is 30.5 Å². The monoisotopic (exact) mass is 364 g/mol. The molecule has 1 amide bonds. The number of aryl methyl sites for hydroxylation is 1. The molecule has 0 aliphatic rings. The predicted octanol–water partition coefficient (Wildman–Crippen LogP) is 2.63. The third-order valence-corrected chi connectivity index (χ3v) is 5.11. The lowest BCUT2D eigenvalue weighted by Crippen LogP contribution is -2.29. The van der Waals surface area contributed by atoms with Crippen molar-refractivity contribution in [2.24, 2.45) is 5.14 Å². The van der Waals surface area contributed by atoms with Crippen LogP contribution in [0.2, 0.25) is 0 Å². The number of carbonyl (C=O) groups is 1. The van der Waals surface area contributed by atoms with Crippen LogP contribution in [-0.2, 0) is 21.2 Å². The van der Waals surface area contributed by atoms with Gasteiger partial charge in [-0.25, -0.2) is 17.9 Å². The van der Waals surface area contributed by atoms with Gasteiger partial charge in [0, 0.05) is 13.5 Å². The lowest BCUT2D eigenvalue weighted by molar-refractivity contribution is -0.131. The highest BCUT2D eigenvalue weighted by Gasteiger charge is 2.18. The van der Waals surface area contributed by atoms with Crippen molar-refractivity contribution in [3.63, 3.8) is 0 Å². The van der Waals surface area contributed by atoms with Crippen LogP contribution >= 0.6 is 0 Å². The van der Waals surface area contributed by atoms with E-state index in [2.05, 4.69) is 0 Å². The normalized spacial score (nSPS) is 12.6. The lowest BCUT2D eigenvalue weighted by atomic mass is 10.1. The average Bonchev–Trinajstić information content (AvgIpc) is 2.58. The van der Waals surface area contributed by atoms with Crippen molar-refractivity contribution in [1.82, 2.24) is 4.90 Å². The highest BCUT2D eigenvalue weighted by Crippen LogP contribution is 2.21. The van der Waals surface area contributed by atoms with Crippen LogP contribution in [0.25, 0.3) is 0 Å². The van der Waals surface area contributed by atoms with Gasteiger partial charge < -0.3 is 4.90 Å². The number of rotatable bonds is 6. The zero-order valence-electron chi connectivity index (χ0n) is 14.1. The van der Waals surface area contributed by atoms with E-state index in [1.54, 1.807) is 36.2 Å². The molecule has 2 aromatic carbocycles. The molecule has 5 nitrogen and oxygen atoms in total. The molecule has 2 rings (SSSR count). The van der Waals surface area contributed by atoms with Crippen molar-refractivity contribution in [2.45, 2.75) is 30.7 Å². The summed E-state index contributed by atoms with van der Waals surface area (Å²) < 4.78 is 35.7. The van der Waals surface area contributed by atoms with Gasteiger partial charge in [-0.15, -0.1) is 0 Å². The van der Waals surface area contributed by atoms with Crippen LogP contribution in [0, 0.1) is 5.82 Å². The number of nitrogens with zero attached hydrogens (tertiary/aromatic N) is 1. The van der Waals surface area contributed by atoms with Gasteiger partial charge in [-0.05, 0) is 48.7 Å². The van der Waals surface area contributed by atoms with Gasteiger partial charge in [0.25, 0.3) is 0 Å². The van der Waals surface area contributed by atoms with Gasteiger partial charge in [-0.2, -0.15) is 0 Å². The average molecular weight is 364 g/mol. The Kier molecular flexibility index (Phi) is 5.92. The number of sulfonamides is 1. The highest BCUT2D eigenvalue weighted by atomic mass is 32.2. The molecule has 0 aromatic heterocycles. The van der Waals surface area contributed by atoms with Gasteiger partial charge in [0.05, 0.1) is 10.9 Å². The summed E-state index contributed by atoms with van der Waals surface area (Å²) in [5.74, 6) is -0.395. The summed E-state index contributed by atoms with van der Waals surface area (Å²) in [7, 11) is -2.05. The standard InChI is InChI=1S/C18H21FN2O3S/c1-13(15-7-9-17(10-8-15)25(20,23)24)21(2)18(22)11-6-14-4-3-5-16(19)12-14/h3-5,7-10,12-13H,6,11H2,1-2H3,(H2,20,23,24). The fourth-order valence-corrected chi connectivity index (χ4v) is 3.01. The Morgan fingerprint density at radius 1 is 1.20 bits per heavy atom. The van der Waals surface area contributed by atoms with Crippen LogP contribution in [0.4, 0.5) is 4.39 Å².